The van der Waals surface area contributed by atoms with Crippen LogP contribution in [-0.4, -0.2) is 26.3 Å². The van der Waals surface area contributed by atoms with Gasteiger partial charge in [0.15, 0.2) is 0 Å². The highest BCUT2D eigenvalue weighted by Crippen LogP contribution is 2.32. The summed E-state index contributed by atoms with van der Waals surface area (Å²) in [6.45, 7) is 0. The summed E-state index contributed by atoms with van der Waals surface area (Å²) in [4.78, 5) is 16.3. The van der Waals surface area contributed by atoms with Gasteiger partial charge in [0, 0.05) is 6.20 Å². The molecule has 0 saturated heterocycles. The number of ether oxygens (including phenoxy) is 1. The third-order valence-corrected chi connectivity index (χ3v) is 5.71. The van der Waals surface area contributed by atoms with Crippen molar-refractivity contribution < 1.29 is 31.1 Å². The molecule has 0 atom stereocenters. The Morgan fingerprint density at radius 3 is 2.48 bits per heavy atom. The van der Waals surface area contributed by atoms with E-state index in [1.54, 1.807) is 12.1 Å². The van der Waals surface area contributed by atoms with Gasteiger partial charge in [0.25, 0.3) is 10.0 Å². The molecule has 0 unspecified atom stereocenters. The number of benzene rings is 2. The maximum absolute atomic E-state index is 13.0. The van der Waals surface area contributed by atoms with Crippen LogP contribution < -0.4 is 9.46 Å². The molecule has 0 amide bonds. The summed E-state index contributed by atoms with van der Waals surface area (Å²) in [6.07, 6.45) is -3.58. The SMILES string of the molecule is COc1ccccc1C(=O)c1ncc(Cl)cc1NS(=O)(=O)c1cccc(C(F)(F)F)c1. The van der Waals surface area contributed by atoms with Crippen molar-refractivity contribution in [3.8, 4) is 5.75 Å². The summed E-state index contributed by atoms with van der Waals surface area (Å²) in [7, 11) is -3.14. The van der Waals surface area contributed by atoms with Gasteiger partial charge in [0.1, 0.15) is 11.4 Å². The lowest BCUT2D eigenvalue weighted by molar-refractivity contribution is -0.137. The fourth-order valence-corrected chi connectivity index (χ4v) is 3.96. The number of anilines is 1. The zero-order valence-corrected chi connectivity index (χ0v) is 17.3. The van der Waals surface area contributed by atoms with E-state index in [1.807, 2.05) is 0 Å². The maximum Gasteiger partial charge on any atom is 0.416 e. The monoisotopic (exact) mass is 470 g/mol. The molecule has 0 radical (unpaired) electrons. The summed E-state index contributed by atoms with van der Waals surface area (Å²) in [5, 5.41) is 0.0123. The van der Waals surface area contributed by atoms with Crippen LogP contribution in [-0.2, 0) is 16.2 Å². The summed E-state index contributed by atoms with van der Waals surface area (Å²) in [5.41, 5.74) is -1.62. The molecule has 0 bridgehead atoms. The van der Waals surface area contributed by atoms with Crippen molar-refractivity contribution in [2.75, 3.05) is 11.8 Å². The van der Waals surface area contributed by atoms with Crippen LogP contribution in [0.1, 0.15) is 21.6 Å². The summed E-state index contributed by atoms with van der Waals surface area (Å²) in [6, 6.07) is 10.6. The Hall–Kier alpha value is -3.11. The van der Waals surface area contributed by atoms with Crippen molar-refractivity contribution in [2.24, 2.45) is 0 Å². The van der Waals surface area contributed by atoms with E-state index in [9.17, 15) is 26.4 Å². The minimum atomic E-state index is -4.73. The summed E-state index contributed by atoms with van der Waals surface area (Å²) in [5.74, 6) is -0.438. The zero-order chi connectivity index (χ0) is 22.8. The molecule has 0 aliphatic carbocycles. The Kier molecular flexibility index (Phi) is 6.23. The first kappa shape index (κ1) is 22.6. The average Bonchev–Trinajstić information content (AvgIpc) is 2.72. The van der Waals surface area contributed by atoms with Gasteiger partial charge in [-0.3, -0.25) is 9.52 Å². The van der Waals surface area contributed by atoms with Crippen molar-refractivity contribution in [1.82, 2.24) is 4.98 Å². The average molecular weight is 471 g/mol. The molecule has 0 saturated carbocycles. The van der Waals surface area contributed by atoms with Gasteiger partial charge in [-0.05, 0) is 36.4 Å². The number of hydrogen-bond acceptors (Lipinski definition) is 5. The van der Waals surface area contributed by atoms with E-state index in [4.69, 9.17) is 16.3 Å². The number of sulfonamides is 1. The number of ketones is 1. The lowest BCUT2D eigenvalue weighted by Crippen LogP contribution is -2.18. The first-order valence-corrected chi connectivity index (χ1v) is 10.4. The van der Waals surface area contributed by atoms with Gasteiger partial charge in [-0.1, -0.05) is 29.8 Å². The van der Waals surface area contributed by atoms with Crippen molar-refractivity contribution in [3.63, 3.8) is 0 Å². The second-order valence-corrected chi connectivity index (χ2v) is 8.33. The molecule has 31 heavy (non-hydrogen) atoms. The van der Waals surface area contributed by atoms with Gasteiger partial charge >= 0.3 is 6.18 Å². The van der Waals surface area contributed by atoms with Crippen LogP contribution in [0.3, 0.4) is 0 Å². The van der Waals surface area contributed by atoms with Crippen LogP contribution in [0.15, 0.2) is 65.7 Å². The number of methoxy groups -OCH3 is 1. The van der Waals surface area contributed by atoms with Crippen molar-refractivity contribution in [1.29, 1.82) is 0 Å². The second-order valence-electron chi connectivity index (χ2n) is 6.21. The van der Waals surface area contributed by atoms with Crippen LogP contribution in [0.25, 0.3) is 0 Å². The van der Waals surface area contributed by atoms with E-state index in [0.29, 0.717) is 6.07 Å². The van der Waals surface area contributed by atoms with Crippen molar-refractivity contribution in [2.45, 2.75) is 11.1 Å². The number of para-hydroxylation sites is 1. The predicted octanol–water partition coefficient (Wildman–Crippen LogP) is 4.79. The van der Waals surface area contributed by atoms with Gasteiger partial charge in [0.05, 0.1) is 33.8 Å². The minimum Gasteiger partial charge on any atom is -0.496 e. The van der Waals surface area contributed by atoms with Gasteiger partial charge in [-0.2, -0.15) is 13.2 Å². The Balaban J connectivity index is 2.05. The number of pyridine rings is 1. The zero-order valence-electron chi connectivity index (χ0n) is 15.8. The normalized spacial score (nSPS) is 11.8. The third-order valence-electron chi connectivity index (χ3n) is 4.14. The summed E-state index contributed by atoms with van der Waals surface area (Å²) < 4.78 is 71.6. The predicted molar refractivity (Wildman–Crippen MR) is 108 cm³/mol. The van der Waals surface area contributed by atoms with E-state index in [0.717, 1.165) is 30.5 Å². The molecule has 0 aliphatic rings. The molecule has 2 aromatic carbocycles. The van der Waals surface area contributed by atoms with E-state index >= 15 is 0 Å². The number of halogens is 4. The molecular weight excluding hydrogens is 457 g/mol. The Morgan fingerprint density at radius 1 is 1.10 bits per heavy atom. The van der Waals surface area contributed by atoms with Crippen molar-refractivity contribution in [3.05, 3.63) is 82.6 Å². The Morgan fingerprint density at radius 2 is 1.81 bits per heavy atom. The summed E-state index contributed by atoms with van der Waals surface area (Å²) >= 11 is 5.90. The van der Waals surface area contributed by atoms with Crippen LogP contribution in [0.5, 0.6) is 5.75 Å². The highest BCUT2D eigenvalue weighted by molar-refractivity contribution is 7.92. The molecule has 1 aromatic heterocycles. The number of aromatic nitrogens is 1. The van der Waals surface area contributed by atoms with Crippen LogP contribution in [0, 0.1) is 0 Å². The van der Waals surface area contributed by atoms with Gasteiger partial charge in [0.2, 0.25) is 5.78 Å². The van der Waals surface area contributed by atoms with E-state index in [2.05, 4.69) is 9.71 Å². The lowest BCUT2D eigenvalue weighted by Gasteiger charge is -2.14. The minimum absolute atomic E-state index is 0.0123. The highest BCUT2D eigenvalue weighted by Gasteiger charge is 2.32. The fraction of sp³-hybridized carbons (Fsp3) is 0.100. The fourth-order valence-electron chi connectivity index (χ4n) is 2.70. The van der Waals surface area contributed by atoms with Gasteiger partial charge < -0.3 is 4.74 Å². The second kappa shape index (κ2) is 8.56. The van der Waals surface area contributed by atoms with Crippen LogP contribution >= 0.6 is 11.6 Å². The van der Waals surface area contributed by atoms with Gasteiger partial charge in [-0.15, -0.1) is 0 Å². The molecule has 3 aromatic rings. The van der Waals surface area contributed by atoms with E-state index < -0.39 is 32.4 Å². The number of hydrogen-bond donors (Lipinski definition) is 1. The smallest absolute Gasteiger partial charge is 0.416 e. The van der Waals surface area contributed by atoms with Crippen molar-refractivity contribution >= 4 is 33.1 Å². The molecule has 1 heterocycles. The Bertz CT molecular complexity index is 1250. The number of nitrogens with zero attached hydrogens (tertiary/aromatic N) is 1. The third kappa shape index (κ3) is 4.97. The van der Waals surface area contributed by atoms with E-state index in [-0.39, 0.29) is 27.7 Å². The standard InChI is InChI=1S/C20H14ClF3N2O4S/c1-30-17-8-3-2-7-15(17)19(27)18-16(10-13(21)11-25-18)26-31(28,29)14-6-4-5-12(9-14)20(22,23)24/h2-11,26H,1H3. The molecule has 3 rings (SSSR count). The number of nitrogens with one attached hydrogen (secondary N) is 1. The molecule has 11 heteroatoms. The number of rotatable bonds is 6. The number of carbonyl (C=O) groups is 1. The molecule has 6 nitrogen and oxygen atoms in total. The Labute approximate surface area is 180 Å². The number of alkyl halides is 3. The van der Waals surface area contributed by atoms with Crippen LogP contribution in [0.4, 0.5) is 18.9 Å². The molecule has 162 valence electrons. The van der Waals surface area contributed by atoms with Crippen LogP contribution in [0.2, 0.25) is 5.02 Å². The van der Waals surface area contributed by atoms with Gasteiger partial charge in [-0.25, -0.2) is 13.4 Å². The molecular formula is C20H14ClF3N2O4S. The van der Waals surface area contributed by atoms with E-state index in [1.165, 1.54) is 19.2 Å². The topological polar surface area (TPSA) is 85.4 Å². The largest absolute Gasteiger partial charge is 0.496 e. The highest BCUT2D eigenvalue weighted by atomic mass is 35.5. The molecule has 0 aliphatic heterocycles. The first-order chi connectivity index (χ1) is 14.5. The molecule has 1 N–H and O–H groups in total. The quantitative estimate of drug-likeness (QED) is 0.523. The number of carbonyl (C=O) groups excluding carboxylic acids is 1. The lowest BCUT2D eigenvalue weighted by atomic mass is 10.1. The molecule has 0 spiro atoms. The molecule has 0 fully saturated rings. The maximum atomic E-state index is 13.0. The first-order valence-electron chi connectivity index (χ1n) is 8.56.